The minimum absolute atomic E-state index is 0.205. The van der Waals surface area contributed by atoms with E-state index in [0.29, 0.717) is 12.0 Å². The Morgan fingerprint density at radius 2 is 1.85 bits per heavy atom. The van der Waals surface area contributed by atoms with E-state index in [1.165, 1.54) is 19.2 Å². The van der Waals surface area contributed by atoms with E-state index in [0.717, 1.165) is 12.1 Å². The third kappa shape index (κ3) is 4.53. The number of hydrogen-bond acceptors (Lipinski definition) is 6. The normalized spacial score (nSPS) is 23.8. The van der Waals surface area contributed by atoms with E-state index in [4.69, 9.17) is 0 Å². The van der Waals surface area contributed by atoms with Gasteiger partial charge in [-0.05, 0) is 24.1 Å². The summed E-state index contributed by atoms with van der Waals surface area (Å²) in [6, 6.07) is 3.72. The highest BCUT2D eigenvalue weighted by molar-refractivity contribution is 7.90. The van der Waals surface area contributed by atoms with Gasteiger partial charge >= 0.3 is 12.1 Å². The first-order valence-corrected chi connectivity index (χ1v) is 9.38. The quantitative estimate of drug-likeness (QED) is 0.625. The van der Waals surface area contributed by atoms with Crippen LogP contribution in [0.1, 0.15) is 24.5 Å². The molecule has 1 aliphatic rings. The molecule has 0 bridgehead atoms. The minimum atomic E-state index is -4.46. The summed E-state index contributed by atoms with van der Waals surface area (Å²) in [5.74, 6) is -1.62. The topological polar surface area (TPSA) is 96.5 Å². The zero-order chi connectivity index (χ0) is 19.5. The number of esters is 1. The minimum Gasteiger partial charge on any atom is -0.469 e. The molecule has 0 spiro atoms. The number of carbonyl (C=O) groups excluding carboxylic acids is 1. The summed E-state index contributed by atoms with van der Waals surface area (Å²) in [6.07, 6.45) is -3.96. The van der Waals surface area contributed by atoms with Crippen molar-refractivity contribution in [2.45, 2.75) is 37.5 Å². The summed E-state index contributed by atoms with van der Waals surface area (Å²) in [5, 5.41) is -1.26. The van der Waals surface area contributed by atoms with Crippen molar-refractivity contribution in [2.24, 2.45) is 5.92 Å². The van der Waals surface area contributed by atoms with Crippen molar-refractivity contribution >= 4 is 16.0 Å². The van der Waals surface area contributed by atoms with Gasteiger partial charge < -0.3 is 4.74 Å². The van der Waals surface area contributed by atoms with E-state index in [1.807, 2.05) is 0 Å². The van der Waals surface area contributed by atoms with Crippen LogP contribution in [0.25, 0.3) is 0 Å². The third-order valence-electron chi connectivity index (χ3n) is 4.18. The van der Waals surface area contributed by atoms with Crippen LogP contribution in [-0.4, -0.2) is 32.9 Å². The Labute approximate surface area is 149 Å². The molecule has 1 aliphatic heterocycles. The van der Waals surface area contributed by atoms with Crippen molar-refractivity contribution in [3.05, 3.63) is 35.4 Å². The molecule has 2 rings (SSSR count). The van der Waals surface area contributed by atoms with Gasteiger partial charge in [0.1, 0.15) is 5.92 Å². The van der Waals surface area contributed by atoms with E-state index in [9.17, 15) is 26.4 Å². The van der Waals surface area contributed by atoms with Gasteiger partial charge in [-0.25, -0.2) is 18.6 Å². The zero-order valence-electron chi connectivity index (χ0n) is 14.1. The molecule has 1 saturated heterocycles. The first kappa shape index (κ1) is 20.6. The Balaban J connectivity index is 2.09. The number of sulfonamides is 1. The molecule has 0 amide bonds. The van der Waals surface area contributed by atoms with Gasteiger partial charge in [-0.2, -0.15) is 13.2 Å². The maximum Gasteiger partial charge on any atom is 0.416 e. The fourth-order valence-electron chi connectivity index (χ4n) is 2.72. The number of benzene rings is 1. The molecule has 3 unspecified atom stereocenters. The molecule has 1 heterocycles. The lowest BCUT2D eigenvalue weighted by Gasteiger charge is -2.20. The highest BCUT2D eigenvalue weighted by Crippen LogP contribution is 2.29. The van der Waals surface area contributed by atoms with E-state index in [2.05, 4.69) is 20.3 Å². The molecule has 1 aromatic rings. The summed E-state index contributed by atoms with van der Waals surface area (Å²) in [7, 11) is -2.82. The number of ether oxygens (including phenoxy) is 1. The van der Waals surface area contributed by atoms with Gasteiger partial charge in [-0.3, -0.25) is 10.2 Å². The number of alkyl halides is 3. The molecule has 3 atom stereocenters. The van der Waals surface area contributed by atoms with Gasteiger partial charge in [0, 0.05) is 12.6 Å². The number of halogens is 3. The molecule has 0 aromatic heterocycles. The second kappa shape index (κ2) is 7.91. The first-order valence-electron chi connectivity index (χ1n) is 7.83. The second-order valence-corrected chi connectivity index (χ2v) is 7.72. The second-order valence-electron chi connectivity index (χ2n) is 5.83. The van der Waals surface area contributed by atoms with Crippen molar-refractivity contribution in [3.8, 4) is 0 Å². The number of hydrogen-bond donors (Lipinski definition) is 3. The van der Waals surface area contributed by atoms with E-state index < -0.39 is 45.1 Å². The summed E-state index contributed by atoms with van der Waals surface area (Å²) in [6.45, 7) is 1.59. The molecule has 11 heteroatoms. The van der Waals surface area contributed by atoms with Gasteiger partial charge in [0.05, 0.1) is 12.7 Å². The monoisotopic (exact) mass is 395 g/mol. The van der Waals surface area contributed by atoms with Crippen molar-refractivity contribution < 1.29 is 31.1 Å². The maximum absolute atomic E-state index is 12.6. The smallest absolute Gasteiger partial charge is 0.416 e. The average Bonchev–Trinajstić information content (AvgIpc) is 3.04. The summed E-state index contributed by atoms with van der Waals surface area (Å²) in [4.78, 5) is 11.9. The lowest BCUT2D eigenvalue weighted by atomic mass is 10.00. The lowest BCUT2D eigenvalue weighted by molar-refractivity contribution is -0.145. The van der Waals surface area contributed by atoms with E-state index in [-0.39, 0.29) is 6.54 Å². The highest BCUT2D eigenvalue weighted by atomic mass is 32.2. The molecule has 0 aliphatic carbocycles. The highest BCUT2D eigenvalue weighted by Gasteiger charge is 2.47. The van der Waals surface area contributed by atoms with Crippen LogP contribution >= 0.6 is 0 Å². The zero-order valence-corrected chi connectivity index (χ0v) is 14.9. The van der Waals surface area contributed by atoms with Crippen LogP contribution < -0.4 is 15.6 Å². The number of nitrogens with one attached hydrogen (secondary N) is 3. The molecular formula is C15H20F3N3O4S. The fraction of sp³-hybridized carbons (Fsp3) is 0.533. The van der Waals surface area contributed by atoms with Crippen LogP contribution in [0.2, 0.25) is 0 Å². The Hall–Kier alpha value is -1.69. The average molecular weight is 395 g/mol. The number of methoxy groups -OCH3 is 1. The van der Waals surface area contributed by atoms with Crippen molar-refractivity contribution in [1.82, 2.24) is 15.6 Å². The van der Waals surface area contributed by atoms with Gasteiger partial charge in [0.2, 0.25) is 10.0 Å². The van der Waals surface area contributed by atoms with Crippen LogP contribution in [-0.2, 0) is 32.3 Å². The van der Waals surface area contributed by atoms with E-state index in [1.54, 1.807) is 6.92 Å². The maximum atomic E-state index is 12.6. The molecule has 3 N–H and O–H groups in total. The fourth-order valence-corrected chi connectivity index (χ4v) is 4.17. The van der Waals surface area contributed by atoms with Crippen LogP contribution in [0.3, 0.4) is 0 Å². The predicted molar refractivity (Wildman–Crippen MR) is 86.8 cm³/mol. The van der Waals surface area contributed by atoms with Crippen molar-refractivity contribution in [1.29, 1.82) is 0 Å². The van der Waals surface area contributed by atoms with Crippen LogP contribution in [0.5, 0.6) is 0 Å². The Bertz CT molecular complexity index is 737. The number of rotatable bonds is 6. The summed E-state index contributed by atoms with van der Waals surface area (Å²) in [5.41, 5.74) is 4.87. The molecular weight excluding hydrogens is 375 g/mol. The molecule has 1 aromatic carbocycles. The molecule has 146 valence electrons. The van der Waals surface area contributed by atoms with Crippen molar-refractivity contribution in [2.75, 3.05) is 7.11 Å². The van der Waals surface area contributed by atoms with Crippen molar-refractivity contribution in [3.63, 3.8) is 0 Å². The number of carbonyl (C=O) groups is 1. The largest absolute Gasteiger partial charge is 0.469 e. The van der Waals surface area contributed by atoms with Gasteiger partial charge in [-0.15, -0.1) is 0 Å². The summed E-state index contributed by atoms with van der Waals surface area (Å²) >= 11 is 0. The molecule has 26 heavy (non-hydrogen) atoms. The molecule has 7 nitrogen and oxygen atoms in total. The van der Waals surface area contributed by atoms with Gasteiger partial charge in [0.25, 0.3) is 0 Å². The third-order valence-corrected chi connectivity index (χ3v) is 5.80. The van der Waals surface area contributed by atoms with Crippen LogP contribution in [0.4, 0.5) is 13.2 Å². The van der Waals surface area contributed by atoms with Crippen LogP contribution in [0, 0.1) is 5.92 Å². The van der Waals surface area contributed by atoms with Gasteiger partial charge in [-0.1, -0.05) is 19.1 Å². The Morgan fingerprint density at radius 1 is 1.23 bits per heavy atom. The molecule has 1 fully saturated rings. The predicted octanol–water partition coefficient (Wildman–Crippen LogP) is 1.13. The molecule has 0 radical (unpaired) electrons. The molecule has 0 saturated carbocycles. The Morgan fingerprint density at radius 3 is 2.35 bits per heavy atom. The first-order chi connectivity index (χ1) is 12.1. The van der Waals surface area contributed by atoms with Crippen LogP contribution in [0.15, 0.2) is 24.3 Å². The van der Waals surface area contributed by atoms with E-state index >= 15 is 0 Å². The summed E-state index contributed by atoms with van der Waals surface area (Å²) < 4.78 is 69.7. The number of hydrazine groups is 1. The lowest BCUT2D eigenvalue weighted by Crippen LogP contribution is -2.47. The SMILES string of the molecule is CCC1NNC(S(=O)(=O)NCc2ccc(C(F)(F)F)cc2)C1C(=O)OC. The standard InChI is InChI=1S/C15H20F3N3O4S/c1-3-11-12(14(22)25-2)13(21-20-11)26(23,24)19-8-9-4-6-10(7-5-9)15(16,17)18/h4-7,11-13,19-21H,3,8H2,1-2H3. The Kier molecular flexibility index (Phi) is 6.27. The van der Waals surface area contributed by atoms with Gasteiger partial charge in [0.15, 0.2) is 5.37 Å².